The molecule has 0 spiro atoms. The lowest BCUT2D eigenvalue weighted by atomic mass is 10.1. The van der Waals surface area contributed by atoms with Crippen LogP contribution in [0.4, 0.5) is 0 Å². The number of sulfone groups is 1. The third kappa shape index (κ3) is 3.63. The Bertz CT molecular complexity index is 1230. The zero-order chi connectivity index (χ0) is 19.0. The van der Waals surface area contributed by atoms with Crippen molar-refractivity contribution in [3.8, 4) is 10.6 Å². The van der Waals surface area contributed by atoms with Gasteiger partial charge in [0.15, 0.2) is 9.84 Å². The van der Waals surface area contributed by atoms with E-state index in [0.717, 1.165) is 27.0 Å². The van der Waals surface area contributed by atoms with Crippen LogP contribution in [0.1, 0.15) is 16.3 Å². The van der Waals surface area contributed by atoms with Crippen molar-refractivity contribution >= 4 is 32.1 Å². The molecule has 6 heteroatoms. The fourth-order valence-corrected chi connectivity index (χ4v) is 5.00. The van der Waals surface area contributed by atoms with E-state index < -0.39 is 9.84 Å². The molecule has 4 nitrogen and oxygen atoms in total. The summed E-state index contributed by atoms with van der Waals surface area (Å²) < 4.78 is 25.6. The maximum atomic E-state index is 12.8. The molecule has 0 amide bonds. The van der Waals surface area contributed by atoms with Gasteiger partial charge in [-0.05, 0) is 44.2 Å². The zero-order valence-corrected chi connectivity index (χ0v) is 16.6. The van der Waals surface area contributed by atoms with E-state index in [0.29, 0.717) is 10.7 Å². The second-order valence-corrected chi connectivity index (χ2v) is 9.77. The summed E-state index contributed by atoms with van der Waals surface area (Å²) in [5.74, 6) is 0.0912. The van der Waals surface area contributed by atoms with Crippen molar-refractivity contribution in [3.63, 3.8) is 0 Å². The van der Waals surface area contributed by atoms with Gasteiger partial charge in [-0.15, -0.1) is 11.3 Å². The van der Waals surface area contributed by atoms with E-state index in [1.165, 1.54) is 4.88 Å². The maximum absolute atomic E-state index is 12.8. The Morgan fingerprint density at radius 1 is 0.889 bits per heavy atom. The van der Waals surface area contributed by atoms with Gasteiger partial charge in [0.2, 0.25) is 0 Å². The second-order valence-electron chi connectivity index (χ2n) is 6.49. The zero-order valence-electron chi connectivity index (χ0n) is 15.0. The molecule has 2 heterocycles. The Morgan fingerprint density at radius 3 is 2.33 bits per heavy atom. The van der Waals surface area contributed by atoms with Crippen LogP contribution in [-0.4, -0.2) is 18.4 Å². The van der Waals surface area contributed by atoms with Gasteiger partial charge in [-0.3, -0.25) is 0 Å². The molecule has 0 fully saturated rings. The van der Waals surface area contributed by atoms with Crippen molar-refractivity contribution in [2.24, 2.45) is 0 Å². The summed E-state index contributed by atoms with van der Waals surface area (Å²) in [5.41, 5.74) is 2.56. The average Bonchev–Trinajstić information content (AvgIpc) is 3.07. The minimum atomic E-state index is -3.51. The molecule has 0 saturated heterocycles. The normalized spacial score (nSPS) is 11.8. The van der Waals surface area contributed by atoms with E-state index in [9.17, 15) is 8.42 Å². The number of rotatable bonds is 4. The number of benzene rings is 2. The topological polar surface area (TPSA) is 59.9 Å². The summed E-state index contributed by atoms with van der Waals surface area (Å²) in [7, 11) is -3.51. The van der Waals surface area contributed by atoms with Crippen LogP contribution in [0, 0.1) is 13.8 Å². The van der Waals surface area contributed by atoms with Gasteiger partial charge in [-0.2, -0.15) is 0 Å². The standard InChI is InChI=1S/C21H18N2O2S2/c1-14-7-10-16(11-8-14)27(24,25)13-20-22-18-6-4-3-5-17(18)21(23-20)19-12-9-15(2)26-19/h3-12H,13H2,1-2H3. The molecular formula is C21H18N2O2S2. The monoisotopic (exact) mass is 394 g/mol. The van der Waals surface area contributed by atoms with Gasteiger partial charge in [0, 0.05) is 10.3 Å². The van der Waals surface area contributed by atoms with E-state index in [-0.39, 0.29) is 5.75 Å². The van der Waals surface area contributed by atoms with E-state index >= 15 is 0 Å². The van der Waals surface area contributed by atoms with E-state index in [4.69, 9.17) is 0 Å². The predicted molar refractivity (Wildman–Crippen MR) is 110 cm³/mol. The Kier molecular flexibility index (Phi) is 4.53. The molecule has 0 bridgehead atoms. The summed E-state index contributed by atoms with van der Waals surface area (Å²) in [6, 6.07) is 18.6. The highest BCUT2D eigenvalue weighted by molar-refractivity contribution is 7.90. The van der Waals surface area contributed by atoms with Crippen molar-refractivity contribution in [2.45, 2.75) is 24.5 Å². The lowest BCUT2D eigenvalue weighted by molar-refractivity contribution is 0.594. The van der Waals surface area contributed by atoms with Crippen LogP contribution in [-0.2, 0) is 15.6 Å². The lowest BCUT2D eigenvalue weighted by Crippen LogP contribution is -2.09. The Labute approximate surface area is 162 Å². The summed E-state index contributed by atoms with van der Waals surface area (Å²) in [6.45, 7) is 3.97. The minimum Gasteiger partial charge on any atom is -0.232 e. The molecule has 136 valence electrons. The van der Waals surface area contributed by atoms with Gasteiger partial charge in [0.1, 0.15) is 11.6 Å². The van der Waals surface area contributed by atoms with Gasteiger partial charge < -0.3 is 0 Å². The van der Waals surface area contributed by atoms with Gasteiger partial charge in [-0.1, -0.05) is 35.9 Å². The molecule has 2 aromatic heterocycles. The van der Waals surface area contributed by atoms with E-state index in [1.54, 1.807) is 35.6 Å². The fourth-order valence-electron chi connectivity index (χ4n) is 2.94. The van der Waals surface area contributed by atoms with Gasteiger partial charge in [-0.25, -0.2) is 18.4 Å². The Morgan fingerprint density at radius 2 is 1.63 bits per heavy atom. The first kappa shape index (κ1) is 17.8. The number of aromatic nitrogens is 2. The van der Waals surface area contributed by atoms with Crippen LogP contribution in [0.15, 0.2) is 65.6 Å². The highest BCUT2D eigenvalue weighted by Gasteiger charge is 2.19. The fraction of sp³-hybridized carbons (Fsp3) is 0.143. The number of hydrogen-bond donors (Lipinski definition) is 0. The molecule has 0 saturated carbocycles. The number of hydrogen-bond acceptors (Lipinski definition) is 5. The van der Waals surface area contributed by atoms with Crippen molar-refractivity contribution < 1.29 is 8.42 Å². The summed E-state index contributed by atoms with van der Waals surface area (Å²) >= 11 is 1.64. The number of fused-ring (bicyclic) bond motifs is 1. The first-order chi connectivity index (χ1) is 12.9. The highest BCUT2D eigenvalue weighted by Crippen LogP contribution is 2.32. The number of nitrogens with zero attached hydrogens (tertiary/aromatic N) is 2. The maximum Gasteiger partial charge on any atom is 0.185 e. The molecular weight excluding hydrogens is 376 g/mol. The van der Waals surface area contributed by atoms with Gasteiger partial charge in [0.05, 0.1) is 21.0 Å². The van der Waals surface area contributed by atoms with Crippen molar-refractivity contribution in [1.29, 1.82) is 0 Å². The van der Waals surface area contributed by atoms with Crippen LogP contribution in [0.25, 0.3) is 21.5 Å². The molecule has 0 aliphatic heterocycles. The molecule has 0 N–H and O–H groups in total. The van der Waals surface area contributed by atoms with Crippen LogP contribution >= 0.6 is 11.3 Å². The van der Waals surface area contributed by atoms with Gasteiger partial charge in [0.25, 0.3) is 0 Å². The molecule has 4 aromatic rings. The number of aryl methyl sites for hydroxylation is 2. The third-order valence-corrected chi connectivity index (χ3v) is 6.96. The molecule has 0 atom stereocenters. The van der Waals surface area contributed by atoms with Crippen LogP contribution in [0.2, 0.25) is 0 Å². The van der Waals surface area contributed by atoms with E-state index in [1.807, 2.05) is 50.2 Å². The van der Waals surface area contributed by atoms with Crippen molar-refractivity contribution in [3.05, 3.63) is 76.9 Å². The Balaban J connectivity index is 1.81. The minimum absolute atomic E-state index is 0.224. The van der Waals surface area contributed by atoms with Gasteiger partial charge >= 0.3 is 0 Å². The third-order valence-electron chi connectivity index (χ3n) is 4.32. The first-order valence-electron chi connectivity index (χ1n) is 8.54. The van der Waals surface area contributed by atoms with Crippen molar-refractivity contribution in [2.75, 3.05) is 0 Å². The number of thiophene rings is 1. The summed E-state index contributed by atoms with van der Waals surface area (Å²) in [6.07, 6.45) is 0. The molecule has 0 unspecified atom stereocenters. The Hall–Kier alpha value is -2.57. The van der Waals surface area contributed by atoms with Crippen LogP contribution in [0.5, 0.6) is 0 Å². The molecule has 27 heavy (non-hydrogen) atoms. The summed E-state index contributed by atoms with van der Waals surface area (Å²) in [5, 5.41) is 0.927. The quantitative estimate of drug-likeness (QED) is 0.491. The smallest absolute Gasteiger partial charge is 0.185 e. The molecule has 0 radical (unpaired) electrons. The molecule has 4 rings (SSSR count). The molecule has 2 aromatic carbocycles. The highest BCUT2D eigenvalue weighted by atomic mass is 32.2. The number of para-hydroxylation sites is 1. The SMILES string of the molecule is Cc1ccc(S(=O)(=O)Cc2nc(-c3ccc(C)s3)c3ccccc3n2)cc1. The van der Waals surface area contributed by atoms with E-state index in [2.05, 4.69) is 9.97 Å². The second kappa shape index (κ2) is 6.87. The van der Waals surface area contributed by atoms with Crippen LogP contribution < -0.4 is 0 Å². The first-order valence-corrected chi connectivity index (χ1v) is 11.0. The lowest BCUT2D eigenvalue weighted by Gasteiger charge is -2.09. The molecule has 0 aliphatic carbocycles. The van der Waals surface area contributed by atoms with Crippen molar-refractivity contribution in [1.82, 2.24) is 9.97 Å². The average molecular weight is 395 g/mol. The summed E-state index contributed by atoms with van der Waals surface area (Å²) in [4.78, 5) is 11.6. The van der Waals surface area contributed by atoms with Crippen LogP contribution in [0.3, 0.4) is 0 Å². The molecule has 0 aliphatic rings. The largest absolute Gasteiger partial charge is 0.232 e. The predicted octanol–water partition coefficient (Wildman–Crippen LogP) is 4.95.